The van der Waals surface area contributed by atoms with Crippen molar-refractivity contribution >= 4 is 27.5 Å². The van der Waals surface area contributed by atoms with Crippen LogP contribution in [0.3, 0.4) is 0 Å². The van der Waals surface area contributed by atoms with Crippen LogP contribution in [0.1, 0.15) is 23.2 Å². The highest BCUT2D eigenvalue weighted by Gasteiger charge is 2.06. The summed E-state index contributed by atoms with van der Waals surface area (Å²) in [5.74, 6) is 0.656. The molecule has 1 aromatic heterocycles. The molecule has 18 heavy (non-hydrogen) atoms. The summed E-state index contributed by atoms with van der Waals surface area (Å²) >= 11 is 9.24. The fourth-order valence-corrected chi connectivity index (χ4v) is 2.20. The SMILES string of the molecule is Cc1cc(-n2cc(CCCCl)nn2)cc(C)c1Br. The zero-order chi connectivity index (χ0) is 13.1. The molecule has 1 heterocycles. The van der Waals surface area contributed by atoms with E-state index in [2.05, 4.69) is 52.2 Å². The van der Waals surface area contributed by atoms with Crippen molar-refractivity contribution in [3.63, 3.8) is 0 Å². The number of aryl methyl sites for hydroxylation is 3. The first-order valence-corrected chi connectivity index (χ1v) is 7.19. The van der Waals surface area contributed by atoms with Crippen LogP contribution in [0.15, 0.2) is 22.8 Å². The van der Waals surface area contributed by atoms with E-state index in [0.29, 0.717) is 5.88 Å². The molecule has 0 unspecified atom stereocenters. The van der Waals surface area contributed by atoms with Crippen LogP contribution in [0.5, 0.6) is 0 Å². The molecule has 0 saturated heterocycles. The van der Waals surface area contributed by atoms with Crippen molar-refractivity contribution in [3.05, 3.63) is 39.6 Å². The molecule has 0 aliphatic carbocycles. The Balaban J connectivity index is 2.28. The number of halogens is 2. The molecule has 0 aliphatic heterocycles. The molecular weight excluding hydrogens is 314 g/mol. The van der Waals surface area contributed by atoms with E-state index >= 15 is 0 Å². The van der Waals surface area contributed by atoms with Crippen LogP contribution in [0.4, 0.5) is 0 Å². The summed E-state index contributed by atoms with van der Waals surface area (Å²) in [6, 6.07) is 4.19. The highest BCUT2D eigenvalue weighted by atomic mass is 79.9. The molecular formula is C13H15BrClN3. The van der Waals surface area contributed by atoms with Gasteiger partial charge in [-0.05, 0) is 49.9 Å². The zero-order valence-corrected chi connectivity index (χ0v) is 12.8. The van der Waals surface area contributed by atoms with E-state index in [0.717, 1.165) is 28.7 Å². The smallest absolute Gasteiger partial charge is 0.0832 e. The predicted octanol–water partition coefficient (Wildman–Crippen LogP) is 3.82. The van der Waals surface area contributed by atoms with Gasteiger partial charge in [0.25, 0.3) is 0 Å². The van der Waals surface area contributed by atoms with E-state index in [1.807, 2.05) is 10.9 Å². The fraction of sp³-hybridized carbons (Fsp3) is 0.385. The molecule has 1 aromatic carbocycles. The van der Waals surface area contributed by atoms with Crippen molar-refractivity contribution in [1.82, 2.24) is 15.0 Å². The van der Waals surface area contributed by atoms with Crippen molar-refractivity contribution in [2.24, 2.45) is 0 Å². The van der Waals surface area contributed by atoms with E-state index in [9.17, 15) is 0 Å². The summed E-state index contributed by atoms with van der Waals surface area (Å²) in [6.45, 7) is 4.15. The Bertz CT molecular complexity index is 528. The molecule has 2 aromatic rings. The maximum atomic E-state index is 5.67. The maximum absolute atomic E-state index is 5.67. The summed E-state index contributed by atoms with van der Waals surface area (Å²) < 4.78 is 2.96. The summed E-state index contributed by atoms with van der Waals surface area (Å²) in [5.41, 5.74) is 4.41. The molecule has 5 heteroatoms. The van der Waals surface area contributed by atoms with Gasteiger partial charge in [-0.2, -0.15) is 0 Å². The van der Waals surface area contributed by atoms with Crippen molar-refractivity contribution < 1.29 is 0 Å². The minimum absolute atomic E-state index is 0.656. The van der Waals surface area contributed by atoms with Crippen LogP contribution in [-0.4, -0.2) is 20.9 Å². The van der Waals surface area contributed by atoms with Crippen molar-refractivity contribution in [2.75, 3.05) is 5.88 Å². The van der Waals surface area contributed by atoms with Crippen LogP contribution >= 0.6 is 27.5 Å². The molecule has 0 bridgehead atoms. The summed E-state index contributed by atoms with van der Waals surface area (Å²) in [5, 5.41) is 8.31. The second kappa shape index (κ2) is 5.85. The normalized spacial score (nSPS) is 10.9. The summed E-state index contributed by atoms with van der Waals surface area (Å²) in [6.07, 6.45) is 3.77. The minimum atomic E-state index is 0.656. The van der Waals surface area contributed by atoms with Gasteiger partial charge in [0.05, 0.1) is 17.6 Å². The third-order valence-corrected chi connectivity index (χ3v) is 4.31. The number of hydrogen-bond donors (Lipinski definition) is 0. The standard InChI is InChI=1S/C13H15BrClN3/c1-9-6-12(7-10(2)13(9)14)18-8-11(16-17-18)4-3-5-15/h6-8H,3-5H2,1-2H3. The Labute approximate surface area is 120 Å². The average molecular weight is 329 g/mol. The van der Waals surface area contributed by atoms with Crippen LogP contribution in [0.2, 0.25) is 0 Å². The lowest BCUT2D eigenvalue weighted by atomic mass is 10.1. The van der Waals surface area contributed by atoms with Crippen molar-refractivity contribution in [1.29, 1.82) is 0 Å². The van der Waals surface area contributed by atoms with Gasteiger partial charge in [0.1, 0.15) is 0 Å². The number of rotatable bonds is 4. The van der Waals surface area contributed by atoms with Gasteiger partial charge in [-0.3, -0.25) is 0 Å². The lowest BCUT2D eigenvalue weighted by Gasteiger charge is -2.07. The molecule has 0 aliphatic rings. The zero-order valence-electron chi connectivity index (χ0n) is 10.5. The third kappa shape index (κ3) is 2.93. The first-order chi connectivity index (χ1) is 8.61. The highest BCUT2D eigenvalue weighted by molar-refractivity contribution is 9.10. The van der Waals surface area contributed by atoms with Gasteiger partial charge in [0, 0.05) is 10.4 Å². The molecule has 0 radical (unpaired) electrons. The maximum Gasteiger partial charge on any atom is 0.0832 e. The molecule has 2 rings (SSSR count). The molecule has 0 fully saturated rings. The van der Waals surface area contributed by atoms with Gasteiger partial charge in [0.15, 0.2) is 0 Å². The lowest BCUT2D eigenvalue weighted by molar-refractivity contribution is 0.790. The molecule has 3 nitrogen and oxygen atoms in total. The summed E-state index contributed by atoms with van der Waals surface area (Å²) in [7, 11) is 0. The van der Waals surface area contributed by atoms with E-state index in [1.165, 1.54) is 11.1 Å². The Morgan fingerprint density at radius 3 is 2.56 bits per heavy atom. The largest absolute Gasteiger partial charge is 0.220 e. The fourth-order valence-electron chi connectivity index (χ4n) is 1.84. The molecule has 96 valence electrons. The molecule has 0 atom stereocenters. The third-order valence-electron chi connectivity index (χ3n) is 2.79. The Morgan fingerprint density at radius 1 is 1.28 bits per heavy atom. The van der Waals surface area contributed by atoms with Crippen molar-refractivity contribution in [3.8, 4) is 5.69 Å². The second-order valence-electron chi connectivity index (χ2n) is 4.34. The predicted molar refractivity (Wildman–Crippen MR) is 77.6 cm³/mol. The van der Waals surface area contributed by atoms with Gasteiger partial charge in [0.2, 0.25) is 0 Å². The Kier molecular flexibility index (Phi) is 4.40. The topological polar surface area (TPSA) is 30.7 Å². The van der Waals surface area contributed by atoms with Crippen LogP contribution in [0.25, 0.3) is 5.69 Å². The second-order valence-corrected chi connectivity index (χ2v) is 5.51. The highest BCUT2D eigenvalue weighted by Crippen LogP contribution is 2.24. The molecule has 0 spiro atoms. The monoisotopic (exact) mass is 327 g/mol. The first kappa shape index (κ1) is 13.6. The van der Waals surface area contributed by atoms with Gasteiger partial charge in [-0.25, -0.2) is 4.68 Å². The van der Waals surface area contributed by atoms with Gasteiger partial charge in [-0.15, -0.1) is 16.7 Å². The number of nitrogens with zero attached hydrogens (tertiary/aromatic N) is 3. The number of aromatic nitrogens is 3. The van der Waals surface area contributed by atoms with E-state index in [-0.39, 0.29) is 0 Å². The Hall–Kier alpha value is -0.870. The van der Waals surface area contributed by atoms with E-state index < -0.39 is 0 Å². The Morgan fingerprint density at radius 2 is 1.94 bits per heavy atom. The lowest BCUT2D eigenvalue weighted by Crippen LogP contribution is -1.97. The molecule has 0 amide bonds. The van der Waals surface area contributed by atoms with E-state index in [4.69, 9.17) is 11.6 Å². The number of hydrogen-bond acceptors (Lipinski definition) is 2. The van der Waals surface area contributed by atoms with Crippen LogP contribution in [-0.2, 0) is 6.42 Å². The summed E-state index contributed by atoms with van der Waals surface area (Å²) in [4.78, 5) is 0. The first-order valence-electron chi connectivity index (χ1n) is 5.86. The van der Waals surface area contributed by atoms with Crippen LogP contribution in [0, 0.1) is 13.8 Å². The van der Waals surface area contributed by atoms with E-state index in [1.54, 1.807) is 0 Å². The van der Waals surface area contributed by atoms with Gasteiger partial charge >= 0.3 is 0 Å². The van der Waals surface area contributed by atoms with Crippen LogP contribution < -0.4 is 0 Å². The van der Waals surface area contributed by atoms with Crippen molar-refractivity contribution in [2.45, 2.75) is 26.7 Å². The number of benzene rings is 1. The molecule has 0 N–H and O–H groups in total. The quantitative estimate of drug-likeness (QED) is 0.799. The molecule has 0 saturated carbocycles. The minimum Gasteiger partial charge on any atom is -0.220 e. The average Bonchev–Trinajstić information content (AvgIpc) is 2.81. The number of alkyl halides is 1. The van der Waals surface area contributed by atoms with Gasteiger partial charge in [-0.1, -0.05) is 21.1 Å². The van der Waals surface area contributed by atoms with Gasteiger partial charge < -0.3 is 0 Å².